The van der Waals surface area contributed by atoms with Crippen LogP contribution in [0.15, 0.2) is 24.3 Å². The maximum absolute atomic E-state index is 14.2. The molecule has 0 heterocycles. The Morgan fingerprint density at radius 3 is 2.04 bits per heavy atom. The van der Waals surface area contributed by atoms with Crippen LogP contribution in [0.5, 0.6) is 5.75 Å². The minimum absolute atomic E-state index is 0.219. The van der Waals surface area contributed by atoms with E-state index in [0.29, 0.717) is 5.75 Å². The van der Waals surface area contributed by atoms with Crippen LogP contribution in [0.1, 0.15) is 26.3 Å². The van der Waals surface area contributed by atoms with Gasteiger partial charge in [-0.05, 0) is 44.4 Å². The van der Waals surface area contributed by atoms with E-state index in [9.17, 15) is 18.5 Å². The van der Waals surface area contributed by atoms with Crippen molar-refractivity contribution in [3.8, 4) is 17.6 Å². The number of methoxy groups -OCH3 is 1. The van der Waals surface area contributed by atoms with E-state index in [1.54, 1.807) is 18.1 Å². The fourth-order valence-corrected chi connectivity index (χ4v) is 3.06. The molecule has 134 valence electrons. The van der Waals surface area contributed by atoms with Gasteiger partial charge in [0.1, 0.15) is 11.4 Å². The van der Waals surface area contributed by atoms with Crippen molar-refractivity contribution >= 4 is 7.60 Å². The highest BCUT2D eigenvalue weighted by Crippen LogP contribution is 2.61. The molecule has 0 radical (unpaired) electrons. The van der Waals surface area contributed by atoms with Gasteiger partial charge < -0.3 is 18.9 Å². The normalized spacial score (nSPS) is 14.5. The zero-order chi connectivity index (χ0) is 18.4. The van der Waals surface area contributed by atoms with Gasteiger partial charge in [0, 0.05) is 0 Å². The molecular formula is C16H21F2O5P. The van der Waals surface area contributed by atoms with Gasteiger partial charge >= 0.3 is 13.3 Å². The molecule has 5 nitrogen and oxygen atoms in total. The molecule has 0 saturated carbocycles. The van der Waals surface area contributed by atoms with Crippen LogP contribution < -0.4 is 4.74 Å². The van der Waals surface area contributed by atoms with Gasteiger partial charge in [-0.25, -0.2) is 0 Å². The molecule has 0 aliphatic heterocycles. The lowest BCUT2D eigenvalue weighted by Crippen LogP contribution is -2.22. The molecule has 1 atom stereocenters. The SMILES string of the molecule is CCOP(=O)(OCC)C(F)(F)C#CC(C)(O)c1ccc(OC)cc1. The Balaban J connectivity index is 3.14. The van der Waals surface area contributed by atoms with E-state index in [1.165, 1.54) is 40.0 Å². The molecule has 0 aliphatic carbocycles. The van der Waals surface area contributed by atoms with Crippen LogP contribution in [0, 0.1) is 11.8 Å². The Morgan fingerprint density at radius 2 is 1.62 bits per heavy atom. The fourth-order valence-electron chi connectivity index (χ4n) is 1.79. The third-order valence-corrected chi connectivity index (χ3v) is 5.05. The lowest BCUT2D eigenvalue weighted by Gasteiger charge is -2.22. The van der Waals surface area contributed by atoms with E-state index < -0.39 is 18.9 Å². The summed E-state index contributed by atoms with van der Waals surface area (Å²) in [6.07, 6.45) is 0. The van der Waals surface area contributed by atoms with Crippen LogP contribution in [0.3, 0.4) is 0 Å². The lowest BCUT2D eigenvalue weighted by atomic mass is 9.97. The highest BCUT2D eigenvalue weighted by Gasteiger charge is 2.52. The predicted octanol–water partition coefficient (Wildman–Crippen LogP) is 3.77. The average molecular weight is 362 g/mol. The molecule has 24 heavy (non-hydrogen) atoms. The van der Waals surface area contributed by atoms with Crippen molar-refractivity contribution in [2.75, 3.05) is 20.3 Å². The van der Waals surface area contributed by atoms with Crippen molar-refractivity contribution in [3.63, 3.8) is 0 Å². The average Bonchev–Trinajstić information content (AvgIpc) is 2.53. The Labute approximate surface area is 140 Å². The molecule has 0 spiro atoms. The number of hydrogen-bond acceptors (Lipinski definition) is 5. The summed E-state index contributed by atoms with van der Waals surface area (Å²) < 4.78 is 54.8. The van der Waals surface area contributed by atoms with Crippen LogP contribution in [-0.4, -0.2) is 31.1 Å². The first-order valence-electron chi connectivity index (χ1n) is 7.30. The summed E-state index contributed by atoms with van der Waals surface area (Å²) in [5.74, 6) is 4.16. The van der Waals surface area contributed by atoms with Crippen LogP contribution in [0.4, 0.5) is 8.78 Å². The first-order valence-corrected chi connectivity index (χ1v) is 8.84. The maximum Gasteiger partial charge on any atom is 0.412 e. The lowest BCUT2D eigenvalue weighted by molar-refractivity contribution is 0.0843. The topological polar surface area (TPSA) is 65.0 Å². The van der Waals surface area contributed by atoms with Crippen LogP contribution in [-0.2, 0) is 19.2 Å². The van der Waals surface area contributed by atoms with Gasteiger partial charge in [0.2, 0.25) is 0 Å². The number of ether oxygens (including phenoxy) is 1. The first kappa shape index (κ1) is 20.6. The van der Waals surface area contributed by atoms with Gasteiger partial charge in [-0.1, -0.05) is 18.1 Å². The number of rotatable bonds is 7. The van der Waals surface area contributed by atoms with Crippen LogP contribution in [0.2, 0.25) is 0 Å². The van der Waals surface area contributed by atoms with Gasteiger partial charge in [-0.3, -0.25) is 4.57 Å². The zero-order valence-electron chi connectivity index (χ0n) is 14.0. The third-order valence-electron chi connectivity index (χ3n) is 3.05. The Bertz CT molecular complexity index is 637. The molecule has 8 heteroatoms. The summed E-state index contributed by atoms with van der Waals surface area (Å²) in [4.78, 5) is 0. The van der Waals surface area contributed by atoms with Crippen molar-refractivity contribution in [1.82, 2.24) is 0 Å². The summed E-state index contributed by atoms with van der Waals surface area (Å²) in [7, 11) is -3.27. The van der Waals surface area contributed by atoms with E-state index in [1.807, 2.05) is 0 Å². The summed E-state index contributed by atoms with van der Waals surface area (Å²) >= 11 is 0. The second-order valence-corrected chi connectivity index (χ2v) is 7.00. The molecule has 1 N–H and O–H groups in total. The number of benzene rings is 1. The van der Waals surface area contributed by atoms with Crippen molar-refractivity contribution in [2.24, 2.45) is 0 Å². The highest BCUT2D eigenvalue weighted by atomic mass is 31.2. The zero-order valence-corrected chi connectivity index (χ0v) is 14.9. The Hall–Kier alpha value is -1.45. The van der Waals surface area contributed by atoms with E-state index in [0.717, 1.165) is 0 Å². The van der Waals surface area contributed by atoms with Gasteiger partial charge in [-0.2, -0.15) is 8.78 Å². The standard InChI is InChI=1S/C16H21F2O5P/c1-5-22-24(20,23-6-2)16(17,18)12-11-15(3,19)13-7-9-14(21-4)10-8-13/h7-10,19H,5-6H2,1-4H3. The van der Waals surface area contributed by atoms with Gasteiger partial charge in [-0.15, -0.1) is 0 Å². The van der Waals surface area contributed by atoms with Gasteiger partial charge in [0.15, 0.2) is 0 Å². The Morgan fingerprint density at radius 1 is 1.12 bits per heavy atom. The number of halogens is 2. The first-order chi connectivity index (χ1) is 11.1. The van der Waals surface area contributed by atoms with E-state index >= 15 is 0 Å². The fraction of sp³-hybridized carbons (Fsp3) is 0.500. The Kier molecular flexibility index (Phi) is 6.94. The quantitative estimate of drug-likeness (QED) is 0.591. The summed E-state index contributed by atoms with van der Waals surface area (Å²) in [5.41, 5.74) is -5.64. The molecule has 0 aromatic heterocycles. The monoisotopic (exact) mass is 362 g/mol. The van der Waals surface area contributed by atoms with Crippen molar-refractivity contribution in [2.45, 2.75) is 32.0 Å². The molecule has 1 aromatic rings. The molecular weight excluding hydrogens is 341 g/mol. The maximum atomic E-state index is 14.2. The molecule has 0 saturated heterocycles. The van der Waals surface area contributed by atoms with Crippen molar-refractivity contribution < 1.29 is 32.2 Å². The molecule has 0 bridgehead atoms. The van der Waals surface area contributed by atoms with E-state index in [4.69, 9.17) is 4.74 Å². The summed E-state index contributed by atoms with van der Waals surface area (Å²) in [6.45, 7) is 3.66. The molecule has 0 aliphatic rings. The van der Waals surface area contributed by atoms with Crippen molar-refractivity contribution in [3.05, 3.63) is 29.8 Å². The molecule has 1 unspecified atom stereocenters. The van der Waals surface area contributed by atoms with Crippen molar-refractivity contribution in [1.29, 1.82) is 0 Å². The summed E-state index contributed by atoms with van der Waals surface area (Å²) in [5, 5.41) is 10.3. The molecule has 1 aromatic carbocycles. The second kappa shape index (κ2) is 8.09. The second-order valence-electron chi connectivity index (χ2n) is 4.92. The predicted molar refractivity (Wildman–Crippen MR) is 86.1 cm³/mol. The third kappa shape index (κ3) is 4.78. The minimum Gasteiger partial charge on any atom is -0.497 e. The van der Waals surface area contributed by atoms with Gasteiger partial charge in [0.05, 0.1) is 20.3 Å². The van der Waals surface area contributed by atoms with Gasteiger partial charge in [0.25, 0.3) is 0 Å². The smallest absolute Gasteiger partial charge is 0.412 e. The molecule has 1 rings (SSSR count). The molecule has 0 fully saturated rings. The molecule has 0 amide bonds. The van der Waals surface area contributed by atoms with Crippen LogP contribution in [0.25, 0.3) is 0 Å². The number of alkyl halides is 2. The highest BCUT2D eigenvalue weighted by molar-refractivity contribution is 7.55. The van der Waals surface area contributed by atoms with E-state index in [2.05, 4.69) is 15.0 Å². The summed E-state index contributed by atoms with van der Waals surface area (Å²) in [6, 6.07) is 6.12. The largest absolute Gasteiger partial charge is 0.497 e. The van der Waals surface area contributed by atoms with Crippen LogP contribution >= 0.6 is 7.60 Å². The van der Waals surface area contributed by atoms with E-state index in [-0.39, 0.29) is 18.8 Å². The minimum atomic E-state index is -4.75. The number of aliphatic hydroxyl groups is 1. The number of hydrogen-bond donors (Lipinski definition) is 1.